The zero-order valence-corrected chi connectivity index (χ0v) is 20.9. The van der Waals surface area contributed by atoms with Crippen LogP contribution in [-0.4, -0.2) is 55.7 Å². The maximum absolute atomic E-state index is 12.8. The molecule has 1 saturated heterocycles. The van der Waals surface area contributed by atoms with E-state index in [1.54, 1.807) is 11.6 Å². The van der Waals surface area contributed by atoms with Gasteiger partial charge in [0.25, 0.3) is 0 Å². The van der Waals surface area contributed by atoms with Crippen LogP contribution < -0.4 is 10.6 Å². The number of nitrogens with zero attached hydrogens (tertiary/aromatic N) is 1. The third-order valence-corrected chi connectivity index (χ3v) is 10.9. The van der Waals surface area contributed by atoms with Gasteiger partial charge in [0.15, 0.2) is 0 Å². The summed E-state index contributed by atoms with van der Waals surface area (Å²) in [6.45, 7) is 8.97. The van der Waals surface area contributed by atoms with Crippen molar-refractivity contribution >= 4 is 12.0 Å². The van der Waals surface area contributed by atoms with E-state index < -0.39 is 0 Å². The molecule has 34 heavy (non-hydrogen) atoms. The summed E-state index contributed by atoms with van der Waals surface area (Å²) in [5.74, 6) is 2.44. The van der Waals surface area contributed by atoms with E-state index >= 15 is 0 Å². The molecule has 0 spiro atoms. The minimum Gasteiger partial charge on any atom is -0.458 e. The number of hydrogen-bond donors (Lipinski definition) is 2. The largest absolute Gasteiger partial charge is 0.458 e. The summed E-state index contributed by atoms with van der Waals surface area (Å²) in [6.07, 6.45) is 13.9. The Bertz CT molecular complexity index is 922. The van der Waals surface area contributed by atoms with Gasteiger partial charge in [0.05, 0.1) is 0 Å². The van der Waals surface area contributed by atoms with E-state index in [0.29, 0.717) is 35.8 Å². The van der Waals surface area contributed by atoms with Crippen molar-refractivity contribution in [3.63, 3.8) is 0 Å². The number of rotatable bonds is 2. The Balaban J connectivity index is 1.14. The number of amides is 2. The SMILES string of the molecule is C[C@]12CC[C@H](NC(=O)N3CCNCC3)C[C@H]1CC[C@H]1C3=CC[C@H](C4=CC(=O)OC4)[C@@]3(C)CC[C@@H]12. The Hall–Kier alpha value is -1.82. The molecule has 186 valence electrons. The Labute approximate surface area is 203 Å². The maximum atomic E-state index is 12.8. The summed E-state index contributed by atoms with van der Waals surface area (Å²) in [5.41, 5.74) is 3.49. The fraction of sp³-hybridized carbons (Fsp3) is 0.786. The minimum absolute atomic E-state index is 0.142. The highest BCUT2D eigenvalue weighted by molar-refractivity contribution is 5.85. The molecule has 2 amide bonds. The van der Waals surface area contributed by atoms with Crippen molar-refractivity contribution in [2.45, 2.75) is 71.3 Å². The van der Waals surface area contributed by atoms with Crippen LogP contribution in [0.25, 0.3) is 0 Å². The number of fused-ring (bicyclic) bond motifs is 5. The van der Waals surface area contributed by atoms with E-state index in [1.165, 1.54) is 37.7 Å². The summed E-state index contributed by atoms with van der Waals surface area (Å²) in [7, 11) is 0. The molecule has 2 N–H and O–H groups in total. The van der Waals surface area contributed by atoms with Crippen molar-refractivity contribution in [1.82, 2.24) is 15.5 Å². The molecule has 2 aliphatic heterocycles. The van der Waals surface area contributed by atoms with Gasteiger partial charge >= 0.3 is 12.0 Å². The zero-order chi connectivity index (χ0) is 23.5. The van der Waals surface area contributed by atoms with Crippen LogP contribution in [0.2, 0.25) is 0 Å². The van der Waals surface area contributed by atoms with Crippen molar-refractivity contribution < 1.29 is 14.3 Å². The molecule has 0 aromatic heterocycles. The second-order valence-corrected chi connectivity index (χ2v) is 12.4. The number of allylic oxidation sites excluding steroid dienone is 2. The molecular weight excluding hydrogens is 426 g/mol. The fourth-order valence-corrected chi connectivity index (χ4v) is 9.00. The highest BCUT2D eigenvalue weighted by Gasteiger charge is 2.58. The Morgan fingerprint density at radius 2 is 1.97 bits per heavy atom. The van der Waals surface area contributed by atoms with Crippen LogP contribution in [-0.2, 0) is 9.53 Å². The molecule has 0 aromatic carbocycles. The first kappa shape index (κ1) is 22.6. The molecule has 0 radical (unpaired) electrons. The quantitative estimate of drug-likeness (QED) is 0.475. The summed E-state index contributed by atoms with van der Waals surface area (Å²) >= 11 is 0. The molecule has 0 bridgehead atoms. The van der Waals surface area contributed by atoms with Crippen LogP contribution in [0.4, 0.5) is 4.79 Å². The van der Waals surface area contributed by atoms with E-state index in [-0.39, 0.29) is 17.4 Å². The molecule has 6 heteroatoms. The van der Waals surface area contributed by atoms with E-state index in [1.807, 2.05) is 4.90 Å². The van der Waals surface area contributed by atoms with Gasteiger partial charge in [-0.2, -0.15) is 0 Å². The monoisotopic (exact) mass is 467 g/mol. The van der Waals surface area contributed by atoms with Crippen LogP contribution in [0.5, 0.6) is 0 Å². The standard InChI is InChI=1S/C28H41N3O3/c1-27-9-7-20(30-26(33)31-13-11-29-12-14-31)16-19(27)3-4-21-23-6-5-22(18-15-25(32)34-17-18)28(23,2)10-8-24(21)27/h6,15,19-22,24,29H,3-5,7-14,16-17H2,1-2H3,(H,30,33)/t19-,20+,21+,22-,24+,27+,28-/m1/s1. The van der Waals surface area contributed by atoms with Gasteiger partial charge in [0.1, 0.15) is 6.61 Å². The van der Waals surface area contributed by atoms with Crippen molar-refractivity contribution in [2.24, 2.45) is 34.5 Å². The van der Waals surface area contributed by atoms with Crippen LogP contribution >= 0.6 is 0 Å². The van der Waals surface area contributed by atoms with Crippen LogP contribution in [0.3, 0.4) is 0 Å². The smallest absolute Gasteiger partial charge is 0.331 e. The number of hydrogen-bond acceptors (Lipinski definition) is 4. The summed E-state index contributed by atoms with van der Waals surface area (Å²) < 4.78 is 5.28. The topological polar surface area (TPSA) is 70.7 Å². The lowest BCUT2D eigenvalue weighted by Gasteiger charge is -2.60. The first-order valence-corrected chi connectivity index (χ1v) is 13.7. The summed E-state index contributed by atoms with van der Waals surface area (Å²) in [6, 6.07) is 0.468. The van der Waals surface area contributed by atoms with Crippen LogP contribution in [0.1, 0.15) is 65.2 Å². The predicted molar refractivity (Wildman–Crippen MR) is 131 cm³/mol. The molecule has 6 aliphatic rings. The molecule has 4 fully saturated rings. The molecule has 4 aliphatic carbocycles. The molecule has 7 atom stereocenters. The zero-order valence-electron chi connectivity index (χ0n) is 20.9. The van der Waals surface area contributed by atoms with Gasteiger partial charge in [0.2, 0.25) is 0 Å². The number of carbonyl (C=O) groups excluding carboxylic acids is 2. The lowest BCUT2D eigenvalue weighted by Crippen LogP contribution is -2.56. The first-order valence-electron chi connectivity index (χ1n) is 13.7. The normalized spacial score (nSPS) is 43.8. The Morgan fingerprint density at radius 1 is 1.15 bits per heavy atom. The molecule has 2 heterocycles. The first-order chi connectivity index (χ1) is 16.4. The van der Waals surface area contributed by atoms with Crippen molar-refractivity contribution in [3.05, 3.63) is 23.3 Å². The number of nitrogens with one attached hydrogen (secondary N) is 2. The predicted octanol–water partition coefficient (Wildman–Crippen LogP) is 4.03. The van der Waals surface area contributed by atoms with Gasteiger partial charge in [0, 0.05) is 38.3 Å². The van der Waals surface area contributed by atoms with Crippen LogP contribution in [0.15, 0.2) is 23.3 Å². The number of ether oxygens (including phenoxy) is 1. The molecule has 6 rings (SSSR count). The molecule has 3 saturated carbocycles. The lowest BCUT2D eigenvalue weighted by molar-refractivity contribution is -0.135. The average molecular weight is 468 g/mol. The second kappa shape index (κ2) is 8.39. The number of carbonyl (C=O) groups is 2. The Morgan fingerprint density at radius 3 is 2.74 bits per heavy atom. The average Bonchev–Trinajstić information content (AvgIpc) is 3.42. The molecule has 0 aromatic rings. The van der Waals surface area contributed by atoms with Crippen molar-refractivity contribution in [1.29, 1.82) is 0 Å². The van der Waals surface area contributed by atoms with Gasteiger partial charge in [-0.05, 0) is 91.4 Å². The number of esters is 1. The summed E-state index contributed by atoms with van der Waals surface area (Å²) in [4.78, 5) is 26.5. The molecule has 0 unspecified atom stereocenters. The highest BCUT2D eigenvalue weighted by atomic mass is 16.5. The lowest BCUT2D eigenvalue weighted by atomic mass is 9.45. The molecular formula is C28H41N3O3. The van der Waals surface area contributed by atoms with E-state index in [0.717, 1.165) is 51.4 Å². The Kier molecular flexibility index (Phi) is 5.58. The van der Waals surface area contributed by atoms with Gasteiger partial charge in [-0.25, -0.2) is 9.59 Å². The maximum Gasteiger partial charge on any atom is 0.331 e. The minimum atomic E-state index is -0.158. The third kappa shape index (κ3) is 3.54. The van der Waals surface area contributed by atoms with Gasteiger partial charge in [-0.3, -0.25) is 0 Å². The third-order valence-electron chi connectivity index (χ3n) is 10.9. The fourth-order valence-electron chi connectivity index (χ4n) is 9.00. The van der Waals surface area contributed by atoms with Crippen LogP contribution in [0, 0.1) is 34.5 Å². The van der Waals surface area contributed by atoms with E-state index in [9.17, 15) is 9.59 Å². The van der Waals surface area contributed by atoms with Gasteiger partial charge < -0.3 is 20.3 Å². The van der Waals surface area contributed by atoms with Crippen molar-refractivity contribution in [2.75, 3.05) is 32.8 Å². The second-order valence-electron chi connectivity index (χ2n) is 12.4. The highest BCUT2D eigenvalue weighted by Crippen LogP contribution is 2.66. The van der Waals surface area contributed by atoms with Crippen molar-refractivity contribution in [3.8, 4) is 0 Å². The summed E-state index contributed by atoms with van der Waals surface area (Å²) in [5, 5.41) is 6.73. The number of cyclic esters (lactones) is 1. The van der Waals surface area contributed by atoms with E-state index in [2.05, 4.69) is 30.6 Å². The van der Waals surface area contributed by atoms with E-state index in [4.69, 9.17) is 4.74 Å². The van der Waals surface area contributed by atoms with Gasteiger partial charge in [-0.1, -0.05) is 25.5 Å². The van der Waals surface area contributed by atoms with Gasteiger partial charge in [-0.15, -0.1) is 0 Å². The number of piperazine rings is 1. The molecule has 6 nitrogen and oxygen atoms in total. The number of urea groups is 1.